The molecular formula is C14H29IN4O4S2. The Kier molecular flexibility index (Phi) is 7.56. The fraction of sp³-hybridized carbons (Fsp3) is 0.929. The van der Waals surface area contributed by atoms with Gasteiger partial charge in [0.1, 0.15) is 0 Å². The number of aliphatic imine (C=N–C) groups is 1. The minimum absolute atomic E-state index is 0. The number of guanidine groups is 1. The highest BCUT2D eigenvalue weighted by atomic mass is 127. The highest BCUT2D eigenvalue weighted by molar-refractivity contribution is 14.0. The zero-order chi connectivity index (χ0) is 18.2. The normalized spacial score (nSPS) is 27.0. The molecule has 0 aromatic rings. The van der Waals surface area contributed by atoms with Crippen LogP contribution in [0.5, 0.6) is 0 Å². The van der Waals surface area contributed by atoms with Crippen LogP contribution in [0.15, 0.2) is 4.99 Å². The molecule has 2 fully saturated rings. The molecule has 0 bridgehead atoms. The van der Waals surface area contributed by atoms with E-state index in [9.17, 15) is 16.8 Å². The van der Waals surface area contributed by atoms with Gasteiger partial charge in [0.25, 0.3) is 0 Å². The molecule has 0 aromatic heterocycles. The summed E-state index contributed by atoms with van der Waals surface area (Å²) in [6, 6.07) is -0.0849. The van der Waals surface area contributed by atoms with E-state index in [1.807, 2.05) is 4.90 Å². The summed E-state index contributed by atoms with van der Waals surface area (Å²) in [4.78, 5) is 6.17. The summed E-state index contributed by atoms with van der Waals surface area (Å²) in [5, 5.41) is 3.22. The smallest absolute Gasteiger partial charge is 0.211 e. The van der Waals surface area contributed by atoms with E-state index in [-0.39, 0.29) is 35.8 Å². The van der Waals surface area contributed by atoms with E-state index in [2.05, 4.69) is 10.3 Å². The van der Waals surface area contributed by atoms with Crippen molar-refractivity contribution < 1.29 is 16.8 Å². The summed E-state index contributed by atoms with van der Waals surface area (Å²) in [6.07, 6.45) is 2.90. The first-order valence-corrected chi connectivity index (χ1v) is 11.6. The Balaban J connectivity index is 0.00000312. The Bertz CT molecular complexity index is 706. The Labute approximate surface area is 168 Å². The van der Waals surface area contributed by atoms with Gasteiger partial charge in [-0.1, -0.05) is 0 Å². The van der Waals surface area contributed by atoms with Crippen molar-refractivity contribution >= 4 is 49.8 Å². The van der Waals surface area contributed by atoms with Gasteiger partial charge >= 0.3 is 0 Å². The van der Waals surface area contributed by atoms with Gasteiger partial charge in [-0.15, -0.1) is 24.0 Å². The minimum atomic E-state index is -3.20. The molecule has 2 rings (SSSR count). The van der Waals surface area contributed by atoms with E-state index < -0.39 is 24.6 Å². The van der Waals surface area contributed by atoms with Gasteiger partial charge < -0.3 is 10.2 Å². The molecule has 25 heavy (non-hydrogen) atoms. The summed E-state index contributed by atoms with van der Waals surface area (Å²) in [5.74, 6) is 0.720. The van der Waals surface area contributed by atoms with Crippen LogP contribution < -0.4 is 5.32 Å². The zero-order valence-electron chi connectivity index (χ0n) is 15.2. The van der Waals surface area contributed by atoms with Crippen LogP contribution >= 0.6 is 24.0 Å². The molecule has 1 N–H and O–H groups in total. The zero-order valence-corrected chi connectivity index (χ0v) is 19.2. The van der Waals surface area contributed by atoms with Crippen molar-refractivity contribution in [3.8, 4) is 0 Å². The lowest BCUT2D eigenvalue weighted by atomic mass is 10.2. The molecule has 0 radical (unpaired) electrons. The highest BCUT2D eigenvalue weighted by Crippen LogP contribution is 2.24. The quantitative estimate of drug-likeness (QED) is 0.330. The third-order valence-corrected chi connectivity index (χ3v) is 8.67. The maximum Gasteiger partial charge on any atom is 0.211 e. The fourth-order valence-corrected chi connectivity index (χ4v) is 5.86. The third kappa shape index (κ3) is 5.19. The fourth-order valence-electron chi connectivity index (χ4n) is 3.32. The van der Waals surface area contributed by atoms with Crippen LogP contribution in [0.1, 0.15) is 26.7 Å². The van der Waals surface area contributed by atoms with Crippen molar-refractivity contribution in [1.82, 2.24) is 14.5 Å². The molecule has 2 aliphatic heterocycles. The summed E-state index contributed by atoms with van der Waals surface area (Å²) in [5.41, 5.74) is 0. The van der Waals surface area contributed by atoms with Gasteiger partial charge in [-0.2, -0.15) is 4.31 Å². The Morgan fingerprint density at radius 2 is 1.96 bits per heavy atom. The van der Waals surface area contributed by atoms with Crippen LogP contribution in [-0.2, 0) is 19.9 Å². The average molecular weight is 508 g/mol. The Hall–Kier alpha value is -0.140. The second kappa shape index (κ2) is 8.26. The van der Waals surface area contributed by atoms with E-state index in [1.54, 1.807) is 20.9 Å². The molecule has 0 saturated carbocycles. The predicted molar refractivity (Wildman–Crippen MR) is 111 cm³/mol. The number of hydrogen-bond acceptors (Lipinski definition) is 5. The lowest BCUT2D eigenvalue weighted by Gasteiger charge is -2.39. The number of nitrogens with zero attached hydrogens (tertiary/aromatic N) is 3. The van der Waals surface area contributed by atoms with Gasteiger partial charge in [-0.3, -0.25) is 4.99 Å². The van der Waals surface area contributed by atoms with Crippen molar-refractivity contribution in [1.29, 1.82) is 0 Å². The summed E-state index contributed by atoms with van der Waals surface area (Å²) in [7, 11) is -4.66. The number of hydrogen-bond donors (Lipinski definition) is 1. The topological polar surface area (TPSA) is 99.2 Å². The summed E-state index contributed by atoms with van der Waals surface area (Å²) >= 11 is 0. The first-order chi connectivity index (χ1) is 11.0. The van der Waals surface area contributed by atoms with Crippen LogP contribution in [-0.4, -0.2) is 88.0 Å². The first-order valence-electron chi connectivity index (χ1n) is 8.13. The molecule has 0 aromatic carbocycles. The number of halogens is 1. The van der Waals surface area contributed by atoms with Crippen molar-refractivity contribution in [2.24, 2.45) is 4.99 Å². The van der Waals surface area contributed by atoms with E-state index in [0.717, 1.165) is 12.8 Å². The molecule has 148 valence electrons. The Morgan fingerprint density at radius 3 is 2.48 bits per heavy atom. The number of sulfonamides is 1. The molecule has 11 heteroatoms. The largest absolute Gasteiger partial charge is 0.355 e. The lowest BCUT2D eigenvalue weighted by Crippen LogP contribution is -2.58. The van der Waals surface area contributed by atoms with Gasteiger partial charge in [0.15, 0.2) is 15.8 Å². The summed E-state index contributed by atoms with van der Waals surface area (Å²) < 4.78 is 48.6. The van der Waals surface area contributed by atoms with Crippen LogP contribution in [0, 0.1) is 0 Å². The van der Waals surface area contributed by atoms with Gasteiger partial charge in [-0.05, 0) is 26.7 Å². The van der Waals surface area contributed by atoms with E-state index in [4.69, 9.17) is 0 Å². The number of rotatable bonds is 3. The molecule has 0 amide bonds. The second-order valence-electron chi connectivity index (χ2n) is 7.10. The SMILES string of the molecule is CN=C(NC[C@H]1CCCN1S(C)(=O)=O)N1CCS(=O)(=O)C(C)(C)C1.I. The van der Waals surface area contributed by atoms with Crippen molar-refractivity contribution in [2.45, 2.75) is 37.5 Å². The second-order valence-corrected chi connectivity index (χ2v) is 11.8. The molecule has 1 atom stereocenters. The van der Waals surface area contributed by atoms with Crippen LogP contribution in [0.2, 0.25) is 0 Å². The molecule has 0 unspecified atom stereocenters. The predicted octanol–water partition coefficient (Wildman–Crippen LogP) is 0.113. The lowest BCUT2D eigenvalue weighted by molar-refractivity contribution is 0.343. The van der Waals surface area contributed by atoms with Gasteiger partial charge in [-0.25, -0.2) is 16.8 Å². The van der Waals surface area contributed by atoms with Crippen LogP contribution in [0.3, 0.4) is 0 Å². The molecular weight excluding hydrogens is 479 g/mol. The highest BCUT2D eigenvalue weighted by Gasteiger charge is 2.41. The monoisotopic (exact) mass is 508 g/mol. The maximum absolute atomic E-state index is 12.1. The van der Waals surface area contributed by atoms with Crippen molar-refractivity contribution in [3.63, 3.8) is 0 Å². The average Bonchev–Trinajstić information content (AvgIpc) is 2.92. The number of sulfone groups is 1. The summed E-state index contributed by atoms with van der Waals surface area (Å²) in [6.45, 7) is 5.25. The third-order valence-electron chi connectivity index (χ3n) is 4.80. The van der Waals surface area contributed by atoms with E-state index >= 15 is 0 Å². The number of nitrogens with one attached hydrogen (secondary N) is 1. The van der Waals surface area contributed by atoms with Gasteiger partial charge in [0.05, 0.1) is 16.8 Å². The molecule has 2 saturated heterocycles. The van der Waals surface area contributed by atoms with Gasteiger partial charge in [0, 0.05) is 39.3 Å². The van der Waals surface area contributed by atoms with Crippen molar-refractivity contribution in [3.05, 3.63) is 0 Å². The molecule has 0 spiro atoms. The minimum Gasteiger partial charge on any atom is -0.355 e. The first kappa shape index (κ1) is 22.9. The molecule has 2 heterocycles. The Morgan fingerprint density at radius 1 is 1.32 bits per heavy atom. The molecule has 8 nitrogen and oxygen atoms in total. The van der Waals surface area contributed by atoms with Gasteiger partial charge in [0.2, 0.25) is 10.0 Å². The molecule has 0 aliphatic carbocycles. The van der Waals surface area contributed by atoms with E-state index in [0.29, 0.717) is 32.1 Å². The van der Waals surface area contributed by atoms with Crippen LogP contribution in [0.4, 0.5) is 0 Å². The maximum atomic E-state index is 12.1. The molecule has 2 aliphatic rings. The van der Waals surface area contributed by atoms with Crippen molar-refractivity contribution in [2.75, 3.05) is 45.2 Å². The van der Waals surface area contributed by atoms with Crippen LogP contribution in [0.25, 0.3) is 0 Å². The standard InChI is InChI=1S/C14H28N4O4S2.HI/c1-14(2)11-17(8-9-24(14,21)22)13(15-3)16-10-12-6-5-7-18(12)23(4,19)20;/h12H,5-11H2,1-4H3,(H,15,16);1H/t12-;/m1./s1. The van der Waals surface area contributed by atoms with E-state index in [1.165, 1.54) is 10.6 Å².